The first-order valence-corrected chi connectivity index (χ1v) is 9.15. The average molecular weight is 384 g/mol. The number of carbonyl (C=O) groups is 1. The predicted octanol–water partition coefficient (Wildman–Crippen LogP) is 2.71. The van der Waals surface area contributed by atoms with E-state index in [0.29, 0.717) is 24.1 Å². The Hall–Kier alpha value is -0.980. The summed E-state index contributed by atoms with van der Waals surface area (Å²) in [4.78, 5) is 18.9. The number of aromatic nitrogens is 1. The van der Waals surface area contributed by atoms with Crippen LogP contribution in [0, 0.1) is 5.92 Å². The van der Waals surface area contributed by atoms with Crippen LogP contribution in [0.5, 0.6) is 0 Å². The van der Waals surface area contributed by atoms with E-state index >= 15 is 0 Å². The second-order valence-electron chi connectivity index (χ2n) is 5.89. The Labute approximate surface area is 146 Å². The fraction of sp³-hybridized carbons (Fsp3) is 0.647. The minimum Gasteiger partial charge on any atom is -0.379 e. The summed E-state index contributed by atoms with van der Waals surface area (Å²) in [7, 11) is 0. The highest BCUT2D eigenvalue weighted by Gasteiger charge is 2.27. The lowest BCUT2D eigenvalue weighted by molar-refractivity contribution is 0.00191. The lowest BCUT2D eigenvalue weighted by Gasteiger charge is -2.38. The number of halogens is 1. The van der Waals surface area contributed by atoms with Crippen LogP contribution >= 0.6 is 15.9 Å². The zero-order valence-electron chi connectivity index (χ0n) is 13.9. The standard InChI is InChI=1S/C17H26BrN3O2/c1-3-13(4-2)16(21-5-7-23-8-6-21)12-20-17(22)14-9-15(18)11-19-10-14/h9-11,13,16H,3-8,12H2,1-2H3,(H,20,22)/t16-/m0/s1. The van der Waals surface area contributed by atoms with Gasteiger partial charge in [0.05, 0.1) is 18.8 Å². The quantitative estimate of drug-likeness (QED) is 0.786. The number of morpholine rings is 1. The van der Waals surface area contributed by atoms with E-state index in [1.807, 2.05) is 0 Å². The molecule has 0 bridgehead atoms. The lowest BCUT2D eigenvalue weighted by atomic mass is 9.92. The molecule has 0 spiro atoms. The van der Waals surface area contributed by atoms with Gasteiger partial charge in [0.15, 0.2) is 0 Å². The summed E-state index contributed by atoms with van der Waals surface area (Å²) in [5.41, 5.74) is 0.588. The Morgan fingerprint density at radius 3 is 2.65 bits per heavy atom. The zero-order chi connectivity index (χ0) is 16.7. The van der Waals surface area contributed by atoms with Crippen LogP contribution in [0.1, 0.15) is 37.0 Å². The van der Waals surface area contributed by atoms with Crippen molar-refractivity contribution in [3.8, 4) is 0 Å². The predicted molar refractivity (Wildman–Crippen MR) is 94.5 cm³/mol. The fourth-order valence-corrected chi connectivity index (χ4v) is 3.54. The molecule has 1 N–H and O–H groups in total. The second kappa shape index (κ2) is 9.35. The molecule has 1 amide bonds. The Morgan fingerprint density at radius 2 is 2.04 bits per heavy atom. The third-order valence-electron chi connectivity index (χ3n) is 4.55. The summed E-state index contributed by atoms with van der Waals surface area (Å²) in [5, 5.41) is 3.09. The molecule has 0 saturated carbocycles. The maximum absolute atomic E-state index is 12.4. The molecule has 2 heterocycles. The van der Waals surface area contributed by atoms with Gasteiger partial charge in [-0.15, -0.1) is 0 Å². The largest absolute Gasteiger partial charge is 0.379 e. The molecule has 23 heavy (non-hydrogen) atoms. The van der Waals surface area contributed by atoms with Crippen LogP contribution in [-0.4, -0.2) is 54.7 Å². The minimum atomic E-state index is -0.0667. The van der Waals surface area contributed by atoms with Gasteiger partial charge in [-0.1, -0.05) is 26.7 Å². The molecule has 6 heteroatoms. The number of rotatable bonds is 7. The Kier molecular flexibility index (Phi) is 7.46. The molecule has 1 atom stereocenters. The van der Waals surface area contributed by atoms with Crippen molar-refractivity contribution in [3.63, 3.8) is 0 Å². The van der Waals surface area contributed by atoms with E-state index in [1.165, 1.54) is 0 Å². The van der Waals surface area contributed by atoms with Gasteiger partial charge in [0.1, 0.15) is 0 Å². The van der Waals surface area contributed by atoms with Crippen molar-refractivity contribution in [2.45, 2.75) is 32.7 Å². The van der Waals surface area contributed by atoms with Gasteiger partial charge >= 0.3 is 0 Å². The van der Waals surface area contributed by atoms with E-state index in [2.05, 4.69) is 45.0 Å². The van der Waals surface area contributed by atoms with E-state index in [9.17, 15) is 4.79 Å². The highest BCUT2D eigenvalue weighted by atomic mass is 79.9. The molecular formula is C17H26BrN3O2. The van der Waals surface area contributed by atoms with Crippen LogP contribution in [0.3, 0.4) is 0 Å². The lowest BCUT2D eigenvalue weighted by Crippen LogP contribution is -2.52. The van der Waals surface area contributed by atoms with Gasteiger partial charge in [-0.05, 0) is 27.9 Å². The summed E-state index contributed by atoms with van der Waals surface area (Å²) in [6.07, 6.45) is 5.51. The van der Waals surface area contributed by atoms with Gasteiger partial charge in [0, 0.05) is 42.5 Å². The van der Waals surface area contributed by atoms with Gasteiger partial charge < -0.3 is 10.1 Å². The van der Waals surface area contributed by atoms with Crippen LogP contribution in [0.2, 0.25) is 0 Å². The number of nitrogens with zero attached hydrogens (tertiary/aromatic N) is 2. The molecule has 0 unspecified atom stereocenters. The molecule has 1 aliphatic rings. The minimum absolute atomic E-state index is 0.0667. The first-order chi connectivity index (χ1) is 11.2. The first-order valence-electron chi connectivity index (χ1n) is 8.36. The first kappa shape index (κ1) is 18.4. The van der Waals surface area contributed by atoms with Gasteiger partial charge in [0.25, 0.3) is 5.91 Å². The van der Waals surface area contributed by atoms with Crippen molar-refractivity contribution in [3.05, 3.63) is 28.5 Å². The molecule has 1 aromatic rings. The number of nitrogens with one attached hydrogen (secondary N) is 1. The molecule has 1 aliphatic heterocycles. The summed E-state index contributed by atoms with van der Waals surface area (Å²) >= 11 is 3.35. The monoisotopic (exact) mass is 383 g/mol. The van der Waals surface area contributed by atoms with Crippen LogP contribution in [0.4, 0.5) is 0 Å². The smallest absolute Gasteiger partial charge is 0.252 e. The van der Waals surface area contributed by atoms with E-state index in [0.717, 1.165) is 43.6 Å². The highest BCUT2D eigenvalue weighted by molar-refractivity contribution is 9.10. The number of hydrogen-bond acceptors (Lipinski definition) is 4. The topological polar surface area (TPSA) is 54.5 Å². The summed E-state index contributed by atoms with van der Waals surface area (Å²) < 4.78 is 6.28. The average Bonchev–Trinajstić information content (AvgIpc) is 2.59. The third kappa shape index (κ3) is 5.26. The molecule has 1 fully saturated rings. The number of ether oxygens (including phenoxy) is 1. The summed E-state index contributed by atoms with van der Waals surface area (Å²) in [6, 6.07) is 2.15. The van der Waals surface area contributed by atoms with E-state index in [4.69, 9.17) is 4.74 Å². The van der Waals surface area contributed by atoms with Crippen molar-refractivity contribution in [1.82, 2.24) is 15.2 Å². The van der Waals surface area contributed by atoms with Crippen LogP contribution in [0.15, 0.2) is 22.9 Å². The van der Waals surface area contributed by atoms with Crippen LogP contribution in [0.25, 0.3) is 0 Å². The molecule has 5 nitrogen and oxygen atoms in total. The number of hydrogen-bond donors (Lipinski definition) is 1. The van der Waals surface area contributed by atoms with Crippen molar-refractivity contribution in [2.75, 3.05) is 32.8 Å². The molecule has 1 saturated heterocycles. The van der Waals surface area contributed by atoms with Crippen molar-refractivity contribution in [2.24, 2.45) is 5.92 Å². The molecule has 0 aliphatic carbocycles. The molecular weight excluding hydrogens is 358 g/mol. The van der Waals surface area contributed by atoms with Gasteiger partial charge in [-0.3, -0.25) is 14.7 Å². The zero-order valence-corrected chi connectivity index (χ0v) is 15.5. The summed E-state index contributed by atoms with van der Waals surface area (Å²) in [5.74, 6) is 0.511. The third-order valence-corrected chi connectivity index (χ3v) is 4.98. The van der Waals surface area contributed by atoms with Crippen molar-refractivity contribution < 1.29 is 9.53 Å². The second-order valence-corrected chi connectivity index (χ2v) is 6.81. The molecule has 1 aromatic heterocycles. The number of pyridine rings is 1. The SMILES string of the molecule is CCC(CC)[C@H](CNC(=O)c1cncc(Br)c1)N1CCOCC1. The van der Waals surface area contributed by atoms with Gasteiger partial charge in [-0.25, -0.2) is 0 Å². The van der Waals surface area contributed by atoms with Crippen LogP contribution < -0.4 is 5.32 Å². The number of carbonyl (C=O) groups excluding carboxylic acids is 1. The van der Waals surface area contributed by atoms with Gasteiger partial charge in [-0.2, -0.15) is 0 Å². The Bertz CT molecular complexity index is 502. The summed E-state index contributed by atoms with van der Waals surface area (Å²) in [6.45, 7) is 8.55. The molecule has 2 rings (SSSR count). The molecule has 128 valence electrons. The normalized spacial score (nSPS) is 17.2. The highest BCUT2D eigenvalue weighted by Crippen LogP contribution is 2.20. The number of amides is 1. The van der Waals surface area contributed by atoms with Crippen LogP contribution in [-0.2, 0) is 4.74 Å². The maximum atomic E-state index is 12.4. The maximum Gasteiger partial charge on any atom is 0.252 e. The van der Waals surface area contributed by atoms with Crippen molar-refractivity contribution in [1.29, 1.82) is 0 Å². The molecule has 0 radical (unpaired) electrons. The van der Waals surface area contributed by atoms with Crippen molar-refractivity contribution >= 4 is 21.8 Å². The van der Waals surface area contributed by atoms with E-state index < -0.39 is 0 Å². The Morgan fingerprint density at radius 1 is 1.35 bits per heavy atom. The van der Waals surface area contributed by atoms with Gasteiger partial charge in [0.2, 0.25) is 0 Å². The Balaban J connectivity index is 2.00. The van der Waals surface area contributed by atoms with E-state index in [-0.39, 0.29) is 5.91 Å². The fourth-order valence-electron chi connectivity index (χ4n) is 3.17. The molecule has 0 aromatic carbocycles. The van der Waals surface area contributed by atoms with E-state index in [1.54, 1.807) is 18.5 Å².